The van der Waals surface area contributed by atoms with Crippen LogP contribution in [0.1, 0.15) is 11.6 Å². The second-order valence-corrected chi connectivity index (χ2v) is 10.00. The standard InChI is InChI=1S/C19H10ClF6N5O3S2/c20-10-1-3-11(4-2-10)30-14(32)9-35-17(30)29-36(33,34)13-7-5-12(6-8-13)31-15(18(21,22)23)27-28-16(31)19(24,25)26/h1-8H,9H2/b29-17-. The van der Waals surface area contributed by atoms with Gasteiger partial charge in [-0.05, 0) is 48.5 Å². The van der Waals surface area contributed by atoms with Crippen LogP contribution in [0.5, 0.6) is 0 Å². The van der Waals surface area contributed by atoms with Crippen molar-refractivity contribution in [3.63, 3.8) is 0 Å². The van der Waals surface area contributed by atoms with Gasteiger partial charge in [0, 0.05) is 10.7 Å². The number of rotatable bonds is 4. The van der Waals surface area contributed by atoms with E-state index in [0.717, 1.165) is 40.9 Å². The number of halogens is 7. The number of hydrogen-bond acceptors (Lipinski definition) is 6. The van der Waals surface area contributed by atoms with Crippen LogP contribution in [0.15, 0.2) is 57.8 Å². The van der Waals surface area contributed by atoms with E-state index in [-0.39, 0.29) is 15.5 Å². The number of benzene rings is 2. The minimum atomic E-state index is -5.27. The maximum Gasteiger partial charge on any atom is 0.452 e. The van der Waals surface area contributed by atoms with Gasteiger partial charge in [0.25, 0.3) is 10.0 Å². The van der Waals surface area contributed by atoms with Crippen molar-refractivity contribution in [2.24, 2.45) is 4.40 Å². The first-order valence-corrected chi connectivity index (χ1v) is 12.3. The number of anilines is 1. The number of sulfonamides is 1. The Morgan fingerprint density at radius 1 is 0.861 bits per heavy atom. The van der Waals surface area contributed by atoms with Gasteiger partial charge >= 0.3 is 12.4 Å². The van der Waals surface area contributed by atoms with Gasteiger partial charge in [0.15, 0.2) is 5.17 Å². The minimum absolute atomic E-state index is 0.107. The number of alkyl halides is 6. The van der Waals surface area contributed by atoms with Gasteiger partial charge in [0.2, 0.25) is 17.6 Å². The van der Waals surface area contributed by atoms with Crippen LogP contribution in [0.2, 0.25) is 5.02 Å². The van der Waals surface area contributed by atoms with Crippen LogP contribution in [0, 0.1) is 0 Å². The van der Waals surface area contributed by atoms with Crippen molar-refractivity contribution in [3.8, 4) is 5.69 Å². The van der Waals surface area contributed by atoms with Crippen LogP contribution < -0.4 is 4.90 Å². The van der Waals surface area contributed by atoms with Crippen molar-refractivity contribution < 1.29 is 39.6 Å². The summed E-state index contributed by atoms with van der Waals surface area (Å²) in [7, 11) is -4.52. The first kappa shape index (κ1) is 26.0. The molecule has 1 aliphatic rings. The van der Waals surface area contributed by atoms with Crippen LogP contribution in [0.3, 0.4) is 0 Å². The molecule has 0 N–H and O–H groups in total. The molecule has 17 heteroatoms. The highest BCUT2D eigenvalue weighted by Crippen LogP contribution is 2.36. The molecule has 190 valence electrons. The molecule has 36 heavy (non-hydrogen) atoms. The fourth-order valence-electron chi connectivity index (χ4n) is 3.09. The number of nitrogens with zero attached hydrogens (tertiary/aromatic N) is 5. The molecule has 2 aromatic carbocycles. The molecule has 1 amide bonds. The third-order valence-electron chi connectivity index (χ3n) is 4.61. The van der Waals surface area contributed by atoms with Gasteiger partial charge in [-0.3, -0.25) is 14.3 Å². The predicted molar refractivity (Wildman–Crippen MR) is 117 cm³/mol. The van der Waals surface area contributed by atoms with Crippen molar-refractivity contribution in [3.05, 3.63) is 65.2 Å². The van der Waals surface area contributed by atoms with Crippen molar-refractivity contribution in [2.45, 2.75) is 17.2 Å². The molecule has 0 atom stereocenters. The molecule has 0 saturated carbocycles. The average Bonchev–Trinajstić information content (AvgIpc) is 3.39. The van der Waals surface area contributed by atoms with Crippen LogP contribution in [0.25, 0.3) is 5.69 Å². The van der Waals surface area contributed by atoms with E-state index in [2.05, 4.69) is 14.6 Å². The maximum absolute atomic E-state index is 13.2. The molecule has 1 saturated heterocycles. The van der Waals surface area contributed by atoms with Gasteiger partial charge in [-0.2, -0.15) is 34.8 Å². The molecule has 1 aromatic heterocycles. The Hall–Kier alpha value is -3.11. The highest BCUT2D eigenvalue weighted by atomic mass is 35.5. The zero-order valence-electron chi connectivity index (χ0n) is 17.2. The second-order valence-electron chi connectivity index (χ2n) is 7.02. The summed E-state index contributed by atoms with van der Waals surface area (Å²) in [5.74, 6) is -4.45. The lowest BCUT2D eigenvalue weighted by molar-refractivity contribution is -0.153. The lowest BCUT2D eigenvalue weighted by Crippen LogP contribution is -2.29. The number of amides is 1. The summed E-state index contributed by atoms with van der Waals surface area (Å²) in [4.78, 5) is 12.8. The van der Waals surface area contributed by atoms with Gasteiger partial charge in [0.05, 0.1) is 16.3 Å². The highest BCUT2D eigenvalue weighted by molar-refractivity contribution is 8.16. The van der Waals surface area contributed by atoms with E-state index in [1.54, 1.807) is 0 Å². The van der Waals surface area contributed by atoms with E-state index in [1.165, 1.54) is 24.3 Å². The number of amidine groups is 1. The summed E-state index contributed by atoms with van der Waals surface area (Å²) in [5.41, 5.74) is -0.384. The highest BCUT2D eigenvalue weighted by Gasteiger charge is 2.45. The molecule has 3 aromatic rings. The molecule has 0 aliphatic carbocycles. The molecule has 0 spiro atoms. The van der Waals surface area contributed by atoms with E-state index in [9.17, 15) is 39.6 Å². The minimum Gasteiger partial charge on any atom is -0.273 e. The van der Waals surface area contributed by atoms with Gasteiger partial charge in [-0.1, -0.05) is 23.4 Å². The van der Waals surface area contributed by atoms with Gasteiger partial charge < -0.3 is 0 Å². The van der Waals surface area contributed by atoms with Gasteiger partial charge in [-0.25, -0.2) is 0 Å². The topological polar surface area (TPSA) is 97.5 Å². The summed E-state index contributed by atoms with van der Waals surface area (Å²) >= 11 is 6.66. The van der Waals surface area contributed by atoms with Crippen molar-refractivity contribution >= 4 is 50.1 Å². The first-order valence-electron chi connectivity index (χ1n) is 9.45. The third-order valence-corrected chi connectivity index (χ3v) is 7.18. The van der Waals surface area contributed by atoms with Crippen LogP contribution in [-0.2, 0) is 27.2 Å². The van der Waals surface area contributed by atoms with Gasteiger partial charge in [-0.15, -0.1) is 14.6 Å². The molecule has 0 radical (unpaired) electrons. The zero-order chi connectivity index (χ0) is 26.5. The number of aromatic nitrogens is 3. The van der Waals surface area contributed by atoms with E-state index in [4.69, 9.17) is 11.6 Å². The van der Waals surface area contributed by atoms with Crippen molar-refractivity contribution in [2.75, 3.05) is 10.7 Å². The molecule has 1 fully saturated rings. The summed E-state index contributed by atoms with van der Waals surface area (Å²) in [6.07, 6.45) is -10.5. The number of carbonyl (C=O) groups is 1. The lowest BCUT2D eigenvalue weighted by atomic mass is 10.3. The number of thioether (sulfide) groups is 1. The monoisotopic (exact) mass is 569 g/mol. The van der Waals surface area contributed by atoms with E-state index < -0.39 is 50.5 Å². The maximum atomic E-state index is 13.2. The van der Waals surface area contributed by atoms with E-state index in [1.807, 2.05) is 0 Å². The SMILES string of the molecule is O=C1CS/C(=N\S(=O)(=O)c2ccc(-n3c(C(F)(F)F)nnc3C(F)(F)F)cc2)N1c1ccc(Cl)cc1. The second kappa shape index (κ2) is 9.08. The number of carbonyl (C=O) groups excluding carboxylic acids is 1. The Bertz CT molecular complexity index is 1420. The van der Waals surface area contributed by atoms with Crippen molar-refractivity contribution in [1.29, 1.82) is 0 Å². The molecule has 0 bridgehead atoms. The van der Waals surface area contributed by atoms with E-state index >= 15 is 0 Å². The molecule has 8 nitrogen and oxygen atoms in total. The largest absolute Gasteiger partial charge is 0.452 e. The first-order chi connectivity index (χ1) is 16.7. The van der Waals surface area contributed by atoms with Crippen molar-refractivity contribution in [1.82, 2.24) is 14.8 Å². The van der Waals surface area contributed by atoms with Crippen LogP contribution >= 0.6 is 23.4 Å². The van der Waals surface area contributed by atoms with Crippen LogP contribution in [0.4, 0.5) is 32.0 Å². The molecular formula is C19H10ClF6N5O3S2. The Morgan fingerprint density at radius 3 is 1.86 bits per heavy atom. The summed E-state index contributed by atoms with van der Waals surface area (Å²) in [5, 5.41) is 5.38. The molecule has 2 heterocycles. The Labute approximate surface area is 207 Å². The van der Waals surface area contributed by atoms with Crippen LogP contribution in [-0.4, -0.2) is 40.0 Å². The Morgan fingerprint density at radius 2 is 1.36 bits per heavy atom. The zero-order valence-corrected chi connectivity index (χ0v) is 19.6. The normalized spacial score (nSPS) is 16.2. The molecule has 1 aliphatic heterocycles. The summed E-state index contributed by atoms with van der Waals surface area (Å²) in [6.45, 7) is 0. The summed E-state index contributed by atoms with van der Waals surface area (Å²) in [6, 6.07) is 8.92. The third kappa shape index (κ3) is 5.05. The summed E-state index contributed by atoms with van der Waals surface area (Å²) < 4.78 is 108. The number of hydrogen-bond donors (Lipinski definition) is 0. The molecule has 0 unspecified atom stereocenters. The quantitative estimate of drug-likeness (QED) is 0.420. The average molecular weight is 570 g/mol. The Kier molecular flexibility index (Phi) is 6.55. The van der Waals surface area contributed by atoms with E-state index in [0.29, 0.717) is 10.7 Å². The lowest BCUT2D eigenvalue weighted by Gasteiger charge is -2.16. The molecular weight excluding hydrogens is 560 g/mol. The fourth-order valence-corrected chi connectivity index (χ4v) is 5.31. The van der Waals surface area contributed by atoms with Gasteiger partial charge in [0.1, 0.15) is 0 Å². The molecule has 4 rings (SSSR count). The fraction of sp³-hybridized carbons (Fsp3) is 0.158. The smallest absolute Gasteiger partial charge is 0.273 e. The predicted octanol–water partition coefficient (Wildman–Crippen LogP) is 4.78. The Balaban J connectivity index is 1.71.